The van der Waals surface area contributed by atoms with Gasteiger partial charge in [0, 0.05) is 25.0 Å². The Morgan fingerprint density at radius 2 is 2.25 bits per heavy atom. The molecule has 0 saturated carbocycles. The first-order valence-electron chi connectivity index (χ1n) is 5.16. The van der Waals surface area contributed by atoms with Crippen molar-refractivity contribution in [3.63, 3.8) is 0 Å². The van der Waals surface area contributed by atoms with Gasteiger partial charge in [0.2, 0.25) is 0 Å². The highest BCUT2D eigenvalue weighted by Gasteiger charge is 2.08. The minimum Gasteiger partial charge on any atom is -0.396 e. The van der Waals surface area contributed by atoms with Gasteiger partial charge in [-0.25, -0.2) is 9.97 Å². The largest absolute Gasteiger partial charge is 0.396 e. The van der Waals surface area contributed by atoms with Crippen LogP contribution in [0.2, 0.25) is 5.02 Å². The summed E-state index contributed by atoms with van der Waals surface area (Å²) in [6.45, 7) is 2.11. The Morgan fingerprint density at radius 1 is 1.44 bits per heavy atom. The molecule has 0 amide bonds. The molecule has 0 radical (unpaired) electrons. The number of nitrogen functional groups attached to an aromatic ring is 1. The molecule has 0 unspecified atom stereocenters. The van der Waals surface area contributed by atoms with Gasteiger partial charge in [-0.15, -0.1) is 0 Å². The van der Waals surface area contributed by atoms with Crippen LogP contribution in [0.1, 0.15) is 19.2 Å². The van der Waals surface area contributed by atoms with Crippen molar-refractivity contribution in [1.29, 1.82) is 0 Å². The number of pyridine rings is 1. The predicted octanol–water partition coefficient (Wildman–Crippen LogP) is 2.46. The van der Waals surface area contributed by atoms with Crippen molar-refractivity contribution in [3.05, 3.63) is 35.5 Å². The van der Waals surface area contributed by atoms with Gasteiger partial charge in [-0.2, -0.15) is 0 Å². The predicted molar refractivity (Wildman–Crippen MR) is 64.8 cm³/mol. The maximum Gasteiger partial charge on any atom is 0.161 e. The van der Waals surface area contributed by atoms with Crippen LogP contribution in [-0.2, 0) is 6.42 Å². The van der Waals surface area contributed by atoms with Crippen molar-refractivity contribution < 1.29 is 0 Å². The Kier molecular flexibility index (Phi) is 3.10. The van der Waals surface area contributed by atoms with Gasteiger partial charge in [-0.3, -0.25) is 4.57 Å². The molecule has 2 heterocycles. The fourth-order valence-corrected chi connectivity index (χ4v) is 1.75. The van der Waals surface area contributed by atoms with E-state index in [2.05, 4.69) is 16.9 Å². The molecule has 2 N–H and O–H groups in total. The number of aromatic nitrogens is 3. The summed E-state index contributed by atoms with van der Waals surface area (Å²) in [7, 11) is 0. The lowest BCUT2D eigenvalue weighted by Crippen LogP contribution is -2.05. The van der Waals surface area contributed by atoms with Gasteiger partial charge < -0.3 is 5.73 Å². The van der Waals surface area contributed by atoms with Crippen LogP contribution in [0.3, 0.4) is 0 Å². The maximum absolute atomic E-state index is 5.88. The highest BCUT2D eigenvalue weighted by atomic mass is 35.5. The van der Waals surface area contributed by atoms with E-state index in [1.807, 2.05) is 10.8 Å². The SMILES string of the molecule is CCCc1nccn1-c1ncc(Cl)cc1N. The van der Waals surface area contributed by atoms with Crippen LogP contribution < -0.4 is 5.73 Å². The number of hydrogen-bond donors (Lipinski definition) is 1. The summed E-state index contributed by atoms with van der Waals surface area (Å²) in [6.07, 6.45) is 7.13. The zero-order valence-corrected chi connectivity index (χ0v) is 9.78. The number of anilines is 1. The first kappa shape index (κ1) is 11.0. The van der Waals surface area contributed by atoms with E-state index in [1.54, 1.807) is 18.5 Å². The summed E-state index contributed by atoms with van der Waals surface area (Å²) in [5.41, 5.74) is 6.44. The first-order valence-corrected chi connectivity index (χ1v) is 5.53. The average Bonchev–Trinajstić information content (AvgIpc) is 2.67. The van der Waals surface area contributed by atoms with Crippen LogP contribution >= 0.6 is 11.6 Å². The molecule has 0 aliphatic rings. The van der Waals surface area contributed by atoms with Crippen molar-refractivity contribution in [2.45, 2.75) is 19.8 Å². The quantitative estimate of drug-likeness (QED) is 0.891. The molecule has 0 aliphatic carbocycles. The number of nitrogens with two attached hydrogens (primary N) is 1. The number of imidazole rings is 1. The monoisotopic (exact) mass is 236 g/mol. The van der Waals surface area contributed by atoms with Crippen LogP contribution in [0, 0.1) is 0 Å². The third kappa shape index (κ3) is 2.02. The Balaban J connectivity index is 2.46. The number of hydrogen-bond acceptors (Lipinski definition) is 3. The maximum atomic E-state index is 5.88. The van der Waals surface area contributed by atoms with E-state index < -0.39 is 0 Å². The van der Waals surface area contributed by atoms with E-state index in [-0.39, 0.29) is 0 Å². The zero-order valence-electron chi connectivity index (χ0n) is 9.02. The minimum absolute atomic E-state index is 0.540. The number of nitrogens with zero attached hydrogens (tertiary/aromatic N) is 3. The molecule has 0 saturated heterocycles. The van der Waals surface area contributed by atoms with Gasteiger partial charge in [0.05, 0.1) is 10.7 Å². The molecule has 5 heteroatoms. The van der Waals surface area contributed by atoms with E-state index in [0.717, 1.165) is 18.7 Å². The molecule has 84 valence electrons. The lowest BCUT2D eigenvalue weighted by molar-refractivity contribution is 0.799. The van der Waals surface area contributed by atoms with Crippen LogP contribution in [0.15, 0.2) is 24.7 Å². The zero-order chi connectivity index (χ0) is 11.5. The number of rotatable bonds is 3. The highest BCUT2D eigenvalue weighted by Crippen LogP contribution is 2.20. The third-order valence-electron chi connectivity index (χ3n) is 2.28. The molecule has 0 atom stereocenters. The second-order valence-corrected chi connectivity index (χ2v) is 3.97. The Bertz CT molecular complexity index is 492. The van der Waals surface area contributed by atoms with Gasteiger partial charge in [-0.1, -0.05) is 18.5 Å². The summed E-state index contributed by atoms with van der Waals surface area (Å²) in [5, 5.41) is 0.540. The molecule has 0 aromatic carbocycles. The van der Waals surface area contributed by atoms with Crippen molar-refractivity contribution in [1.82, 2.24) is 14.5 Å². The fraction of sp³-hybridized carbons (Fsp3) is 0.273. The summed E-state index contributed by atoms with van der Waals surface area (Å²) in [4.78, 5) is 8.51. The number of aryl methyl sites for hydroxylation is 1. The van der Waals surface area contributed by atoms with Crippen molar-refractivity contribution >= 4 is 17.3 Å². The summed E-state index contributed by atoms with van der Waals surface area (Å²) in [5.74, 6) is 1.65. The second-order valence-electron chi connectivity index (χ2n) is 3.53. The topological polar surface area (TPSA) is 56.7 Å². The van der Waals surface area contributed by atoms with Gasteiger partial charge >= 0.3 is 0 Å². The molecule has 2 aromatic rings. The van der Waals surface area contributed by atoms with Crippen LogP contribution in [-0.4, -0.2) is 14.5 Å². The first-order chi connectivity index (χ1) is 7.72. The molecular formula is C11H13ClN4. The molecule has 0 bridgehead atoms. The van der Waals surface area contributed by atoms with Crippen LogP contribution in [0.4, 0.5) is 5.69 Å². The Morgan fingerprint density at radius 3 is 2.94 bits per heavy atom. The molecule has 0 fully saturated rings. The van der Waals surface area contributed by atoms with Gasteiger partial charge in [0.25, 0.3) is 0 Å². The van der Waals surface area contributed by atoms with Crippen molar-refractivity contribution in [3.8, 4) is 5.82 Å². The summed E-state index contributed by atoms with van der Waals surface area (Å²) < 4.78 is 1.90. The smallest absolute Gasteiger partial charge is 0.161 e. The second kappa shape index (κ2) is 4.53. The minimum atomic E-state index is 0.540. The normalized spacial score (nSPS) is 10.6. The van der Waals surface area contributed by atoms with Crippen LogP contribution in [0.5, 0.6) is 0 Å². The van der Waals surface area contributed by atoms with E-state index in [0.29, 0.717) is 16.5 Å². The standard InChI is InChI=1S/C11H13ClN4/c1-2-3-10-14-4-5-16(10)11-9(13)6-8(12)7-15-11/h4-7H,2-3,13H2,1H3. The molecule has 2 rings (SSSR count). The molecule has 4 nitrogen and oxygen atoms in total. The molecule has 2 aromatic heterocycles. The Hall–Kier alpha value is -1.55. The highest BCUT2D eigenvalue weighted by molar-refractivity contribution is 6.30. The molecule has 0 spiro atoms. The fourth-order valence-electron chi connectivity index (χ4n) is 1.58. The van der Waals surface area contributed by atoms with E-state index in [1.165, 1.54) is 0 Å². The van der Waals surface area contributed by atoms with Crippen molar-refractivity contribution in [2.24, 2.45) is 0 Å². The lowest BCUT2D eigenvalue weighted by atomic mass is 10.3. The van der Waals surface area contributed by atoms with Gasteiger partial charge in [0.15, 0.2) is 5.82 Å². The molecule has 16 heavy (non-hydrogen) atoms. The summed E-state index contributed by atoms with van der Waals surface area (Å²) in [6, 6.07) is 1.69. The lowest BCUT2D eigenvalue weighted by Gasteiger charge is -2.08. The van der Waals surface area contributed by atoms with E-state index >= 15 is 0 Å². The van der Waals surface area contributed by atoms with Crippen LogP contribution in [0.25, 0.3) is 5.82 Å². The van der Waals surface area contributed by atoms with Crippen molar-refractivity contribution in [2.75, 3.05) is 5.73 Å². The van der Waals surface area contributed by atoms with Gasteiger partial charge in [0.1, 0.15) is 5.82 Å². The Labute approximate surface area is 99.1 Å². The van der Waals surface area contributed by atoms with E-state index in [4.69, 9.17) is 17.3 Å². The summed E-state index contributed by atoms with van der Waals surface area (Å²) >= 11 is 5.81. The average molecular weight is 237 g/mol. The third-order valence-corrected chi connectivity index (χ3v) is 2.49. The van der Waals surface area contributed by atoms with E-state index in [9.17, 15) is 0 Å². The number of halogens is 1. The molecule has 0 aliphatic heterocycles. The molecular weight excluding hydrogens is 224 g/mol. The van der Waals surface area contributed by atoms with Gasteiger partial charge in [-0.05, 0) is 12.5 Å².